The van der Waals surface area contributed by atoms with Crippen molar-refractivity contribution in [2.24, 2.45) is 0 Å². The standard InChI is InChI=1S/C22H30N2O6S/c1-14-7-8-19(9-15(14)2)31(27,28)23-11-22(26)30-13-21(25)20-10-16(3)24(18(20)5)17(4)12-29-6/h7-10,17,23H,11-13H2,1-6H3. The van der Waals surface area contributed by atoms with E-state index in [9.17, 15) is 18.0 Å². The van der Waals surface area contributed by atoms with Gasteiger partial charge in [0.25, 0.3) is 0 Å². The van der Waals surface area contributed by atoms with Crippen molar-refractivity contribution in [1.82, 2.24) is 9.29 Å². The van der Waals surface area contributed by atoms with Crippen molar-refractivity contribution in [3.05, 3.63) is 52.3 Å². The van der Waals surface area contributed by atoms with E-state index in [0.29, 0.717) is 12.2 Å². The van der Waals surface area contributed by atoms with E-state index in [4.69, 9.17) is 9.47 Å². The van der Waals surface area contributed by atoms with Gasteiger partial charge in [-0.25, -0.2) is 8.42 Å². The topological polar surface area (TPSA) is 104 Å². The second-order valence-electron chi connectivity index (χ2n) is 7.61. The maximum atomic E-state index is 12.5. The van der Waals surface area contributed by atoms with Crippen molar-refractivity contribution in [2.75, 3.05) is 26.9 Å². The van der Waals surface area contributed by atoms with Crippen molar-refractivity contribution in [1.29, 1.82) is 0 Å². The average molecular weight is 451 g/mol. The Bertz CT molecular complexity index is 1070. The van der Waals surface area contributed by atoms with E-state index >= 15 is 0 Å². The van der Waals surface area contributed by atoms with Crippen LogP contribution in [-0.2, 0) is 24.3 Å². The molecule has 170 valence electrons. The van der Waals surface area contributed by atoms with Crippen LogP contribution in [0.25, 0.3) is 0 Å². The molecule has 1 unspecified atom stereocenters. The highest BCUT2D eigenvalue weighted by atomic mass is 32.2. The second-order valence-corrected chi connectivity index (χ2v) is 9.38. The number of ether oxygens (including phenoxy) is 2. The largest absolute Gasteiger partial charge is 0.456 e. The summed E-state index contributed by atoms with van der Waals surface area (Å²) in [4.78, 5) is 24.6. The minimum Gasteiger partial charge on any atom is -0.456 e. The number of esters is 1. The SMILES string of the molecule is COCC(C)n1c(C)cc(C(=O)COC(=O)CNS(=O)(=O)c2ccc(C)c(C)c2)c1C. The van der Waals surface area contributed by atoms with E-state index in [1.165, 1.54) is 12.1 Å². The minimum absolute atomic E-state index is 0.0499. The number of carbonyl (C=O) groups is 2. The summed E-state index contributed by atoms with van der Waals surface area (Å²) in [5, 5.41) is 0. The van der Waals surface area contributed by atoms with Gasteiger partial charge in [-0.1, -0.05) is 6.07 Å². The van der Waals surface area contributed by atoms with Crippen molar-refractivity contribution in [3.63, 3.8) is 0 Å². The van der Waals surface area contributed by atoms with Gasteiger partial charge in [0.15, 0.2) is 6.61 Å². The molecule has 1 N–H and O–H groups in total. The van der Waals surface area contributed by atoms with E-state index in [-0.39, 0.29) is 16.7 Å². The molecule has 1 heterocycles. The highest BCUT2D eigenvalue weighted by Gasteiger charge is 2.21. The monoisotopic (exact) mass is 450 g/mol. The van der Waals surface area contributed by atoms with Crippen LogP contribution in [0.5, 0.6) is 0 Å². The Labute approximate surface area is 183 Å². The Hall–Kier alpha value is -2.49. The van der Waals surface area contributed by atoms with Crippen LogP contribution in [0.2, 0.25) is 0 Å². The number of rotatable bonds is 10. The van der Waals surface area contributed by atoms with Crippen LogP contribution in [0.4, 0.5) is 0 Å². The molecule has 0 spiro atoms. The first-order chi connectivity index (χ1) is 14.5. The summed E-state index contributed by atoms with van der Waals surface area (Å²) in [6, 6.07) is 6.51. The van der Waals surface area contributed by atoms with Crippen LogP contribution in [-0.4, -0.2) is 51.6 Å². The minimum atomic E-state index is -3.86. The van der Waals surface area contributed by atoms with Gasteiger partial charge in [-0.2, -0.15) is 4.72 Å². The Morgan fingerprint density at radius 3 is 2.39 bits per heavy atom. The van der Waals surface area contributed by atoms with Gasteiger partial charge in [-0.3, -0.25) is 9.59 Å². The second kappa shape index (κ2) is 10.2. The summed E-state index contributed by atoms with van der Waals surface area (Å²) in [5.41, 5.74) is 3.92. The number of sulfonamides is 1. The fourth-order valence-electron chi connectivity index (χ4n) is 3.45. The van der Waals surface area contributed by atoms with E-state index in [1.807, 2.05) is 32.3 Å². The molecule has 1 atom stereocenters. The predicted octanol–water partition coefficient (Wildman–Crippen LogP) is 2.63. The zero-order valence-electron chi connectivity index (χ0n) is 18.8. The highest BCUT2D eigenvalue weighted by Crippen LogP contribution is 2.21. The number of hydrogen-bond donors (Lipinski definition) is 1. The number of ketones is 1. The Balaban J connectivity index is 1.96. The quantitative estimate of drug-likeness (QED) is 0.441. The van der Waals surface area contributed by atoms with Crippen LogP contribution in [0.15, 0.2) is 29.2 Å². The van der Waals surface area contributed by atoms with Gasteiger partial charge in [0, 0.05) is 24.1 Å². The molecule has 1 aromatic carbocycles. The third-order valence-electron chi connectivity index (χ3n) is 5.19. The predicted molar refractivity (Wildman–Crippen MR) is 117 cm³/mol. The number of carbonyl (C=O) groups excluding carboxylic acids is 2. The lowest BCUT2D eigenvalue weighted by atomic mass is 10.1. The summed E-state index contributed by atoms with van der Waals surface area (Å²) in [6.07, 6.45) is 0. The lowest BCUT2D eigenvalue weighted by Crippen LogP contribution is -2.31. The molecule has 8 nitrogen and oxygen atoms in total. The van der Waals surface area contributed by atoms with E-state index < -0.39 is 29.1 Å². The van der Waals surface area contributed by atoms with Crippen molar-refractivity contribution < 1.29 is 27.5 Å². The van der Waals surface area contributed by atoms with Gasteiger partial charge in [0.1, 0.15) is 6.54 Å². The first kappa shape index (κ1) is 24.8. The van der Waals surface area contributed by atoms with Gasteiger partial charge >= 0.3 is 5.97 Å². The van der Waals surface area contributed by atoms with Crippen molar-refractivity contribution in [3.8, 4) is 0 Å². The molecule has 0 saturated carbocycles. The molecular weight excluding hydrogens is 420 g/mol. The molecule has 0 aliphatic carbocycles. The van der Waals surface area contributed by atoms with E-state index in [2.05, 4.69) is 4.72 Å². The fourth-order valence-corrected chi connectivity index (χ4v) is 4.50. The van der Waals surface area contributed by atoms with Crippen LogP contribution in [0.1, 0.15) is 45.8 Å². The van der Waals surface area contributed by atoms with E-state index in [1.54, 1.807) is 26.2 Å². The van der Waals surface area contributed by atoms with Gasteiger partial charge < -0.3 is 14.0 Å². The number of methoxy groups -OCH3 is 1. The van der Waals surface area contributed by atoms with Crippen LogP contribution in [0, 0.1) is 27.7 Å². The first-order valence-corrected chi connectivity index (χ1v) is 11.4. The summed E-state index contributed by atoms with van der Waals surface area (Å²) < 4.78 is 39.1. The fraction of sp³-hybridized carbons (Fsp3) is 0.455. The molecular formula is C22H30N2O6S. The van der Waals surface area contributed by atoms with Crippen molar-refractivity contribution >= 4 is 21.8 Å². The van der Waals surface area contributed by atoms with Gasteiger partial charge in [0.05, 0.1) is 17.5 Å². The van der Waals surface area contributed by atoms with Gasteiger partial charge in [-0.15, -0.1) is 0 Å². The molecule has 1 aromatic heterocycles. The maximum absolute atomic E-state index is 12.5. The number of aryl methyl sites for hydroxylation is 3. The first-order valence-electron chi connectivity index (χ1n) is 9.91. The van der Waals surface area contributed by atoms with Gasteiger partial charge in [0.2, 0.25) is 15.8 Å². The maximum Gasteiger partial charge on any atom is 0.321 e. The molecule has 9 heteroatoms. The lowest BCUT2D eigenvalue weighted by molar-refractivity contribution is -0.141. The lowest BCUT2D eigenvalue weighted by Gasteiger charge is -2.17. The third kappa shape index (κ3) is 6.03. The Morgan fingerprint density at radius 1 is 1.10 bits per heavy atom. The van der Waals surface area contributed by atoms with Crippen LogP contribution in [0.3, 0.4) is 0 Å². The van der Waals surface area contributed by atoms with Crippen LogP contribution >= 0.6 is 0 Å². The molecule has 0 radical (unpaired) electrons. The highest BCUT2D eigenvalue weighted by molar-refractivity contribution is 7.89. The number of Topliss-reactive ketones (excluding diaryl/α,β-unsaturated/α-hetero) is 1. The molecule has 0 fully saturated rings. The zero-order valence-corrected chi connectivity index (χ0v) is 19.6. The molecule has 0 amide bonds. The Kier molecular flexibility index (Phi) is 8.16. The molecule has 2 rings (SSSR count). The summed E-state index contributed by atoms with van der Waals surface area (Å²) >= 11 is 0. The summed E-state index contributed by atoms with van der Waals surface area (Å²) in [7, 11) is -2.24. The molecule has 2 aromatic rings. The number of nitrogens with zero attached hydrogens (tertiary/aromatic N) is 1. The molecule has 0 saturated heterocycles. The number of nitrogens with one attached hydrogen (secondary N) is 1. The molecule has 31 heavy (non-hydrogen) atoms. The normalized spacial score (nSPS) is 12.6. The number of benzene rings is 1. The van der Waals surface area contributed by atoms with E-state index in [0.717, 1.165) is 22.5 Å². The average Bonchev–Trinajstić information content (AvgIpc) is 3.01. The van der Waals surface area contributed by atoms with Gasteiger partial charge in [-0.05, 0) is 63.9 Å². The van der Waals surface area contributed by atoms with Crippen molar-refractivity contribution in [2.45, 2.75) is 45.6 Å². The third-order valence-corrected chi connectivity index (χ3v) is 6.59. The zero-order chi connectivity index (χ0) is 23.3. The summed E-state index contributed by atoms with van der Waals surface area (Å²) in [5.74, 6) is -1.18. The summed E-state index contributed by atoms with van der Waals surface area (Å²) in [6.45, 7) is 8.86. The number of aromatic nitrogens is 1. The molecule has 0 aliphatic rings. The Morgan fingerprint density at radius 2 is 1.77 bits per heavy atom. The van der Waals surface area contributed by atoms with Crippen LogP contribution < -0.4 is 4.72 Å². The molecule has 0 bridgehead atoms. The smallest absolute Gasteiger partial charge is 0.321 e. The number of hydrogen-bond acceptors (Lipinski definition) is 6. The molecule has 0 aliphatic heterocycles.